The van der Waals surface area contributed by atoms with E-state index >= 15 is 0 Å². The van der Waals surface area contributed by atoms with Crippen LogP contribution in [0.4, 0.5) is 4.39 Å². The van der Waals surface area contributed by atoms with Crippen molar-refractivity contribution >= 4 is 34.4 Å². The lowest BCUT2D eigenvalue weighted by Crippen LogP contribution is -2.00. The van der Waals surface area contributed by atoms with Gasteiger partial charge in [0.15, 0.2) is 16.1 Å². The van der Waals surface area contributed by atoms with Crippen LogP contribution in [-0.2, 0) is 20.2 Å². The number of carboxylic acid groups (broad SMARTS) is 1. The standard InChI is InChI=1S/C21H19FO3S/c1-13-18(10-14-4-7-16(8-5-14)26(3)25-2)20-11-15(22)6-9-17(20)19(13)12-21(23)24/h4-11H,12H2,1-3H3/p+1/b18-10-. The molecule has 0 aromatic heterocycles. The van der Waals surface area contributed by atoms with Crippen LogP contribution in [-0.4, -0.2) is 24.4 Å². The Hall–Kier alpha value is -2.37. The molecule has 1 N–H and O–H groups in total. The molecule has 1 aliphatic rings. The molecule has 0 saturated heterocycles. The third-order valence-electron chi connectivity index (χ3n) is 4.55. The molecular weight excluding hydrogens is 351 g/mol. The zero-order valence-electron chi connectivity index (χ0n) is 14.9. The first-order valence-corrected chi connectivity index (χ1v) is 9.71. The fraction of sp³-hybridized carbons (Fsp3) is 0.190. The van der Waals surface area contributed by atoms with Gasteiger partial charge in [0, 0.05) is 0 Å². The first kappa shape index (κ1) is 18.4. The van der Waals surface area contributed by atoms with Gasteiger partial charge in [-0.25, -0.2) is 4.39 Å². The van der Waals surface area contributed by atoms with Gasteiger partial charge in [-0.1, -0.05) is 6.07 Å². The highest BCUT2D eigenvalue weighted by Gasteiger charge is 2.25. The molecule has 3 rings (SSSR count). The first-order valence-electron chi connectivity index (χ1n) is 8.15. The number of allylic oxidation sites excluding steroid dienone is 2. The Morgan fingerprint density at radius 2 is 1.88 bits per heavy atom. The second kappa shape index (κ2) is 7.48. The van der Waals surface area contributed by atoms with Crippen LogP contribution in [0.1, 0.15) is 30.0 Å². The van der Waals surface area contributed by atoms with E-state index in [1.54, 1.807) is 13.2 Å². The number of hydrogen-bond acceptors (Lipinski definition) is 2. The summed E-state index contributed by atoms with van der Waals surface area (Å²) in [4.78, 5) is 12.3. The summed E-state index contributed by atoms with van der Waals surface area (Å²) in [5.74, 6) is -1.22. The highest BCUT2D eigenvalue weighted by atomic mass is 32.2. The zero-order valence-corrected chi connectivity index (χ0v) is 15.7. The van der Waals surface area contributed by atoms with Crippen molar-refractivity contribution in [3.63, 3.8) is 0 Å². The van der Waals surface area contributed by atoms with Gasteiger partial charge in [-0.15, -0.1) is 0 Å². The number of fused-ring (bicyclic) bond motifs is 1. The summed E-state index contributed by atoms with van der Waals surface area (Å²) in [5, 5.41) is 9.21. The van der Waals surface area contributed by atoms with Crippen molar-refractivity contribution in [2.75, 3.05) is 13.4 Å². The molecule has 1 unspecified atom stereocenters. The third-order valence-corrected chi connectivity index (χ3v) is 5.99. The van der Waals surface area contributed by atoms with Gasteiger partial charge in [0.05, 0.1) is 13.5 Å². The lowest BCUT2D eigenvalue weighted by molar-refractivity contribution is -0.135. The van der Waals surface area contributed by atoms with Crippen molar-refractivity contribution in [1.29, 1.82) is 0 Å². The topological polar surface area (TPSA) is 46.5 Å². The predicted molar refractivity (Wildman–Crippen MR) is 104 cm³/mol. The van der Waals surface area contributed by atoms with Crippen molar-refractivity contribution < 1.29 is 18.5 Å². The van der Waals surface area contributed by atoms with E-state index in [1.807, 2.05) is 43.5 Å². The van der Waals surface area contributed by atoms with Crippen LogP contribution in [0, 0.1) is 5.82 Å². The third kappa shape index (κ3) is 3.59. The Kier molecular flexibility index (Phi) is 5.30. The molecule has 1 aliphatic carbocycles. The molecule has 134 valence electrons. The van der Waals surface area contributed by atoms with Gasteiger partial charge in [0.1, 0.15) is 12.1 Å². The summed E-state index contributed by atoms with van der Waals surface area (Å²) in [6.45, 7) is 1.89. The predicted octanol–water partition coefficient (Wildman–Crippen LogP) is 4.80. The fourth-order valence-electron chi connectivity index (χ4n) is 3.15. The van der Waals surface area contributed by atoms with Crippen molar-refractivity contribution in [3.05, 3.63) is 70.5 Å². The SMILES string of the molecule is CO[S+](C)c1ccc(/C=C2/C(C)=C(CC(=O)O)c3ccc(F)cc32)cc1. The molecular formula is C21H20FO3S+. The Balaban J connectivity index is 2.05. The molecule has 5 heteroatoms. The second-order valence-electron chi connectivity index (χ2n) is 6.11. The number of carboxylic acids is 1. The van der Waals surface area contributed by atoms with Gasteiger partial charge in [-0.05, 0) is 82.8 Å². The summed E-state index contributed by atoms with van der Waals surface area (Å²) in [7, 11) is 1.68. The van der Waals surface area contributed by atoms with Crippen LogP contribution in [0.3, 0.4) is 0 Å². The molecule has 0 heterocycles. The van der Waals surface area contributed by atoms with E-state index < -0.39 is 5.97 Å². The van der Waals surface area contributed by atoms with Crippen LogP contribution in [0.15, 0.2) is 52.9 Å². The molecule has 26 heavy (non-hydrogen) atoms. The summed E-state index contributed by atoms with van der Waals surface area (Å²) < 4.78 is 19.1. The maximum absolute atomic E-state index is 13.8. The monoisotopic (exact) mass is 371 g/mol. The van der Waals surface area contributed by atoms with Crippen molar-refractivity contribution in [2.45, 2.75) is 18.2 Å². The van der Waals surface area contributed by atoms with Crippen LogP contribution in [0.5, 0.6) is 0 Å². The minimum Gasteiger partial charge on any atom is -0.481 e. The van der Waals surface area contributed by atoms with Crippen molar-refractivity contribution in [2.24, 2.45) is 0 Å². The van der Waals surface area contributed by atoms with Crippen molar-refractivity contribution in [3.8, 4) is 0 Å². The van der Waals surface area contributed by atoms with Crippen LogP contribution in [0.25, 0.3) is 17.2 Å². The molecule has 0 radical (unpaired) electrons. The van der Waals surface area contributed by atoms with Gasteiger partial charge >= 0.3 is 5.97 Å². The summed E-state index contributed by atoms with van der Waals surface area (Å²) in [5.41, 5.74) is 5.00. The summed E-state index contributed by atoms with van der Waals surface area (Å²) in [6, 6.07) is 12.5. The smallest absolute Gasteiger partial charge is 0.307 e. The molecule has 3 nitrogen and oxygen atoms in total. The fourth-order valence-corrected chi connectivity index (χ4v) is 3.86. The van der Waals surface area contributed by atoms with Gasteiger partial charge < -0.3 is 5.11 Å². The number of aliphatic carboxylic acids is 1. The van der Waals surface area contributed by atoms with E-state index in [9.17, 15) is 14.3 Å². The Morgan fingerprint density at radius 1 is 1.19 bits per heavy atom. The van der Waals surface area contributed by atoms with Crippen LogP contribution >= 0.6 is 0 Å². The number of carbonyl (C=O) groups is 1. The van der Waals surface area contributed by atoms with Gasteiger partial charge in [-0.3, -0.25) is 4.79 Å². The second-order valence-corrected chi connectivity index (χ2v) is 7.82. The molecule has 2 aromatic rings. The van der Waals surface area contributed by atoms with Crippen LogP contribution < -0.4 is 0 Å². The highest BCUT2D eigenvalue weighted by Crippen LogP contribution is 2.43. The Bertz CT molecular complexity index is 913. The van der Waals surface area contributed by atoms with E-state index in [-0.39, 0.29) is 23.4 Å². The lowest BCUT2D eigenvalue weighted by Gasteiger charge is -2.05. The average Bonchev–Trinajstić information content (AvgIpc) is 2.86. The molecule has 0 saturated carbocycles. The maximum atomic E-state index is 13.8. The highest BCUT2D eigenvalue weighted by molar-refractivity contribution is 7.91. The number of hydrogen-bond donors (Lipinski definition) is 1. The minimum atomic E-state index is -0.894. The normalized spacial score (nSPS) is 16.1. The van der Waals surface area contributed by atoms with Gasteiger partial charge in [0.25, 0.3) is 0 Å². The molecule has 1 atom stereocenters. The van der Waals surface area contributed by atoms with E-state index in [4.69, 9.17) is 4.18 Å². The number of halogens is 1. The molecule has 0 fully saturated rings. The van der Waals surface area contributed by atoms with E-state index in [1.165, 1.54) is 12.1 Å². The molecule has 2 aromatic carbocycles. The quantitative estimate of drug-likeness (QED) is 0.768. The van der Waals surface area contributed by atoms with Crippen molar-refractivity contribution in [1.82, 2.24) is 0 Å². The van der Waals surface area contributed by atoms with Gasteiger partial charge in [0.2, 0.25) is 0 Å². The van der Waals surface area contributed by atoms with E-state index in [0.717, 1.165) is 38.3 Å². The Morgan fingerprint density at radius 3 is 2.50 bits per heavy atom. The van der Waals surface area contributed by atoms with E-state index in [0.29, 0.717) is 0 Å². The minimum absolute atomic E-state index is 0.0762. The lowest BCUT2D eigenvalue weighted by atomic mass is 10.0. The largest absolute Gasteiger partial charge is 0.481 e. The summed E-state index contributed by atoms with van der Waals surface area (Å²) in [6.07, 6.45) is 3.91. The molecule has 0 bridgehead atoms. The Labute approximate surface area is 155 Å². The average molecular weight is 371 g/mol. The molecule has 0 amide bonds. The molecule has 0 aliphatic heterocycles. The van der Waals surface area contributed by atoms with Crippen LogP contribution in [0.2, 0.25) is 0 Å². The number of rotatable bonds is 5. The van der Waals surface area contributed by atoms with E-state index in [2.05, 4.69) is 0 Å². The first-order chi connectivity index (χ1) is 12.4. The molecule has 0 spiro atoms. The maximum Gasteiger partial charge on any atom is 0.307 e. The summed E-state index contributed by atoms with van der Waals surface area (Å²) >= 11 is -0.256. The van der Waals surface area contributed by atoms with Gasteiger partial charge in [-0.2, -0.15) is 4.18 Å². The zero-order chi connectivity index (χ0) is 18.8. The number of benzene rings is 2.